The van der Waals surface area contributed by atoms with Gasteiger partial charge in [-0.1, -0.05) is 0 Å². The van der Waals surface area contributed by atoms with E-state index in [1.54, 1.807) is 50.6 Å². The molecule has 48 heavy (non-hydrogen) atoms. The molecule has 0 fully saturated rings. The van der Waals surface area contributed by atoms with Gasteiger partial charge >= 0.3 is 0 Å². The Morgan fingerprint density at radius 2 is 1.81 bits per heavy atom. The van der Waals surface area contributed by atoms with Crippen molar-refractivity contribution in [3.8, 4) is 11.5 Å². The Kier molecular flexibility index (Phi) is 16.9. The van der Waals surface area contributed by atoms with Crippen LogP contribution in [-0.2, 0) is 16.0 Å². The number of carbonyl (C=O) groups is 4. The number of hydrogen-bond donors (Lipinski definition) is 2. The third-order valence-corrected chi connectivity index (χ3v) is 7.45. The van der Waals surface area contributed by atoms with E-state index in [9.17, 15) is 23.6 Å². The molecule has 0 bridgehead atoms. The largest absolute Gasteiger partial charge is 0.493 e. The van der Waals surface area contributed by atoms with Gasteiger partial charge in [-0.2, -0.15) is 0 Å². The van der Waals surface area contributed by atoms with E-state index in [4.69, 9.17) is 14.6 Å². The van der Waals surface area contributed by atoms with Crippen molar-refractivity contribution < 1.29 is 42.9 Å². The van der Waals surface area contributed by atoms with Crippen molar-refractivity contribution in [1.29, 1.82) is 0 Å². The van der Waals surface area contributed by atoms with Gasteiger partial charge in [0.15, 0.2) is 35.5 Å². The highest BCUT2D eigenvalue weighted by atomic mass is 32.1. The molecule has 256 valence electrons. The number of ether oxygens (including phenoxy) is 3. The van der Waals surface area contributed by atoms with Gasteiger partial charge in [0.1, 0.15) is 17.8 Å². The number of hydrogen-bond acceptors (Lipinski definition) is 14. The number of aldehydes is 3. The summed E-state index contributed by atoms with van der Waals surface area (Å²) in [7, 11) is 5.87. The van der Waals surface area contributed by atoms with Gasteiger partial charge in [0.05, 0.1) is 18.6 Å². The number of methoxy groups -OCH3 is 2. The Labute approximate surface area is 279 Å². The Morgan fingerprint density at radius 3 is 2.44 bits per heavy atom. The number of tetrazole rings is 1. The lowest BCUT2D eigenvalue weighted by Crippen LogP contribution is -2.06. The average Bonchev–Trinajstić information content (AvgIpc) is 3.78. The van der Waals surface area contributed by atoms with Gasteiger partial charge in [0.25, 0.3) is 0 Å². The van der Waals surface area contributed by atoms with Crippen LogP contribution in [0.3, 0.4) is 0 Å². The summed E-state index contributed by atoms with van der Waals surface area (Å²) in [6.45, 7) is 2.97. The number of anilines is 1. The van der Waals surface area contributed by atoms with E-state index in [2.05, 4.69) is 30.7 Å². The number of carbonyl (C=O) groups excluding carboxylic acids is 4. The Morgan fingerprint density at radius 1 is 1.06 bits per heavy atom. The lowest BCUT2D eigenvalue weighted by atomic mass is 10.1. The number of aliphatic hydroxyl groups is 1. The summed E-state index contributed by atoms with van der Waals surface area (Å²) in [5.74, 6) is 0.445. The molecular weight excluding hydrogens is 647 g/mol. The first-order valence-corrected chi connectivity index (χ1v) is 15.2. The van der Waals surface area contributed by atoms with Crippen LogP contribution in [0.1, 0.15) is 55.8 Å². The minimum Gasteiger partial charge on any atom is -0.493 e. The van der Waals surface area contributed by atoms with E-state index in [-0.39, 0.29) is 30.8 Å². The van der Waals surface area contributed by atoms with Crippen molar-refractivity contribution in [2.24, 2.45) is 0 Å². The Hall–Kier alpha value is -5.19. The number of nitrogens with one attached hydrogen (secondary N) is 1. The minimum absolute atomic E-state index is 0.0793. The molecule has 0 radical (unpaired) electrons. The lowest BCUT2D eigenvalue weighted by Gasteiger charge is -2.12. The molecule has 0 aliphatic rings. The van der Waals surface area contributed by atoms with Crippen LogP contribution in [-0.4, -0.2) is 96.6 Å². The second-order valence-electron chi connectivity index (χ2n) is 9.26. The predicted octanol–water partition coefficient (Wildman–Crippen LogP) is 4.28. The first-order valence-electron chi connectivity index (χ1n) is 14.4. The predicted molar refractivity (Wildman–Crippen MR) is 178 cm³/mol. The normalized spacial score (nSPS) is 9.98. The van der Waals surface area contributed by atoms with Crippen LogP contribution < -0.4 is 14.8 Å². The number of ketones is 1. The first-order chi connectivity index (χ1) is 23.3. The molecule has 5 rings (SSSR count). The van der Waals surface area contributed by atoms with Gasteiger partial charge < -0.3 is 29.4 Å². The maximum absolute atomic E-state index is 14.3. The van der Waals surface area contributed by atoms with Crippen LogP contribution >= 0.6 is 11.3 Å². The zero-order valence-electron chi connectivity index (χ0n) is 27.1. The molecular formula is C32H37FN6O8S. The number of aliphatic hydroxyl groups excluding tert-OH is 1. The van der Waals surface area contributed by atoms with Gasteiger partial charge in [-0.15, -0.1) is 26.2 Å². The summed E-state index contributed by atoms with van der Waals surface area (Å²) in [5, 5.41) is 25.0. The fraction of sp³-hybridized carbons (Fsp3) is 0.312. The highest BCUT2D eigenvalue weighted by Crippen LogP contribution is 2.37. The summed E-state index contributed by atoms with van der Waals surface area (Å²) < 4.78 is 32.1. The van der Waals surface area contributed by atoms with E-state index in [1.165, 1.54) is 29.1 Å². The molecule has 0 unspecified atom stereocenters. The molecule has 0 spiro atoms. The molecule has 0 saturated heterocycles. The van der Waals surface area contributed by atoms with Crippen molar-refractivity contribution in [2.75, 3.05) is 46.9 Å². The van der Waals surface area contributed by atoms with Gasteiger partial charge in [0.2, 0.25) is 0 Å². The average molecular weight is 685 g/mol. The molecule has 0 aliphatic carbocycles. The van der Waals surface area contributed by atoms with Crippen LogP contribution in [0, 0.1) is 5.82 Å². The van der Waals surface area contributed by atoms with Crippen LogP contribution in [0.25, 0.3) is 15.7 Å². The van der Waals surface area contributed by atoms with Gasteiger partial charge in [-0.3, -0.25) is 14.4 Å². The second kappa shape index (κ2) is 20.8. The van der Waals surface area contributed by atoms with Crippen LogP contribution in [0.5, 0.6) is 11.5 Å². The molecule has 0 aliphatic heterocycles. The molecule has 14 nitrogen and oxygen atoms in total. The number of fused-ring (bicyclic) bond motifs is 2. The van der Waals surface area contributed by atoms with Gasteiger partial charge in [0, 0.05) is 69.2 Å². The second-order valence-corrected chi connectivity index (χ2v) is 10.3. The van der Waals surface area contributed by atoms with Crippen LogP contribution in [0.4, 0.5) is 10.1 Å². The smallest absolute Gasteiger partial charge is 0.200 e. The molecule has 3 heterocycles. The van der Waals surface area contributed by atoms with Crippen LogP contribution in [0.15, 0.2) is 42.5 Å². The Bertz CT molecular complexity index is 1790. The van der Waals surface area contributed by atoms with Crippen LogP contribution in [0.2, 0.25) is 0 Å². The minimum atomic E-state index is -0.469. The molecule has 0 saturated carbocycles. The SMILES string of the molecule is CCOC.CNc1cc(CCOc2cc3cc(C(=O)CCC=O)sc3cc2OC)c(F)cc1C=O.CO.O=Cc1ccc2nnnn2n1. The molecule has 2 N–H and O–H groups in total. The van der Waals surface area contributed by atoms with Gasteiger partial charge in [-0.25, -0.2) is 4.39 Å². The van der Waals surface area contributed by atoms with Gasteiger partial charge in [-0.05, 0) is 64.7 Å². The number of Topliss-reactive ketones (excluding diaryl/α,β-unsaturated/α-hetero) is 1. The van der Waals surface area contributed by atoms with Crippen molar-refractivity contribution in [3.05, 3.63) is 70.0 Å². The summed E-state index contributed by atoms with van der Waals surface area (Å²) in [6.07, 6.45) is 2.65. The number of nitrogens with zero attached hydrogens (tertiary/aromatic N) is 5. The number of thiophene rings is 1. The highest BCUT2D eigenvalue weighted by Gasteiger charge is 2.15. The zero-order valence-corrected chi connectivity index (χ0v) is 28.0. The Balaban J connectivity index is 0.000000385. The monoisotopic (exact) mass is 684 g/mol. The third kappa shape index (κ3) is 11.0. The summed E-state index contributed by atoms with van der Waals surface area (Å²) in [4.78, 5) is 44.6. The van der Waals surface area contributed by atoms with Crippen molar-refractivity contribution >= 4 is 57.4 Å². The van der Waals surface area contributed by atoms with Crippen molar-refractivity contribution in [1.82, 2.24) is 25.3 Å². The van der Waals surface area contributed by atoms with E-state index in [0.29, 0.717) is 58.0 Å². The number of benzene rings is 2. The molecule has 0 atom stereocenters. The van der Waals surface area contributed by atoms with E-state index < -0.39 is 5.82 Å². The molecule has 3 aromatic heterocycles. The van der Waals surface area contributed by atoms with E-state index >= 15 is 0 Å². The maximum Gasteiger partial charge on any atom is 0.200 e. The lowest BCUT2D eigenvalue weighted by molar-refractivity contribution is -0.107. The molecule has 0 amide bonds. The van der Waals surface area contributed by atoms with Crippen molar-refractivity contribution in [3.63, 3.8) is 0 Å². The zero-order chi connectivity index (χ0) is 35.5. The van der Waals surface area contributed by atoms with E-state index in [1.807, 2.05) is 6.92 Å². The summed E-state index contributed by atoms with van der Waals surface area (Å²) >= 11 is 1.34. The number of rotatable bonds is 13. The quantitative estimate of drug-likeness (QED) is 0.132. The molecule has 16 heteroatoms. The summed E-state index contributed by atoms with van der Waals surface area (Å²) in [6, 6.07) is 11.3. The van der Waals surface area contributed by atoms with Crippen molar-refractivity contribution in [2.45, 2.75) is 26.2 Å². The maximum atomic E-state index is 14.3. The first kappa shape index (κ1) is 39.0. The fourth-order valence-corrected chi connectivity index (χ4v) is 4.95. The number of aromatic nitrogens is 5. The topological polar surface area (TPSA) is 184 Å². The molecule has 2 aromatic carbocycles. The molecule has 5 aromatic rings. The summed E-state index contributed by atoms with van der Waals surface area (Å²) in [5.41, 5.74) is 2.07. The highest BCUT2D eigenvalue weighted by molar-refractivity contribution is 7.20. The third-order valence-electron chi connectivity index (χ3n) is 6.31. The number of halogens is 1. The fourth-order valence-electron chi connectivity index (χ4n) is 3.91. The standard InChI is InChI=1S/C23H22FNO5S.C5H3N5O.C3H8O.CH4O/c1-25-18-9-14(17(24)8-16(18)13-27)5-7-30-21-10-15-11-23(19(28)4-3-6-26)31-22(15)12-20(21)29-2;11-3-4-1-2-5-6-8-9-10(5)7-4;1-3-4-2;1-2/h6,8-13,25H,3-5,7H2,1-2H3;1-3H;3H2,1-2H3;2H,1H3. The van der Waals surface area contributed by atoms with E-state index in [0.717, 1.165) is 30.1 Å².